The minimum atomic E-state index is -0.867. The molecule has 1 atom stereocenters. The number of ether oxygens (including phenoxy) is 1. The lowest BCUT2D eigenvalue weighted by molar-refractivity contribution is 0.0977. The summed E-state index contributed by atoms with van der Waals surface area (Å²) in [5, 5.41) is 0.245. The molecule has 100 valence electrons. The van der Waals surface area contributed by atoms with Crippen LogP contribution >= 0.6 is 12.6 Å². The first-order valence-electron chi connectivity index (χ1n) is 6.10. The fraction of sp³-hybridized carbons (Fsp3) is 0.538. The van der Waals surface area contributed by atoms with Gasteiger partial charge in [-0.15, -0.1) is 0 Å². The summed E-state index contributed by atoms with van der Waals surface area (Å²) in [4.78, 5) is 2.26. The van der Waals surface area contributed by atoms with Gasteiger partial charge in [0, 0.05) is 24.5 Å². The molecule has 1 aliphatic rings. The number of nitrogens with zero attached hydrogens (tertiary/aromatic N) is 1. The SMILES string of the molecule is CC(S)N1CCC(Oc2ccc(F)c(F)c2)CC1. The predicted molar refractivity (Wildman–Crippen MR) is 70.0 cm³/mol. The van der Waals surface area contributed by atoms with E-state index in [2.05, 4.69) is 17.5 Å². The van der Waals surface area contributed by atoms with Crippen LogP contribution in [-0.2, 0) is 0 Å². The minimum absolute atomic E-state index is 0.0678. The molecule has 0 amide bonds. The smallest absolute Gasteiger partial charge is 0.162 e. The summed E-state index contributed by atoms with van der Waals surface area (Å²) in [5.74, 6) is -1.32. The summed E-state index contributed by atoms with van der Waals surface area (Å²) < 4.78 is 31.5. The van der Waals surface area contributed by atoms with Crippen molar-refractivity contribution in [3.8, 4) is 5.75 Å². The van der Waals surface area contributed by atoms with Crippen LogP contribution in [0, 0.1) is 11.6 Å². The fourth-order valence-electron chi connectivity index (χ4n) is 2.11. The minimum Gasteiger partial charge on any atom is -0.490 e. The lowest BCUT2D eigenvalue weighted by atomic mass is 10.1. The highest BCUT2D eigenvalue weighted by molar-refractivity contribution is 7.80. The van der Waals surface area contributed by atoms with E-state index in [0.29, 0.717) is 5.75 Å². The molecule has 1 saturated heterocycles. The van der Waals surface area contributed by atoms with E-state index in [1.54, 1.807) is 0 Å². The molecule has 0 bridgehead atoms. The van der Waals surface area contributed by atoms with Crippen LogP contribution in [0.15, 0.2) is 18.2 Å². The Bertz CT molecular complexity index is 406. The number of thiol groups is 1. The molecule has 1 aromatic rings. The summed E-state index contributed by atoms with van der Waals surface area (Å²) >= 11 is 4.39. The summed E-state index contributed by atoms with van der Waals surface area (Å²) in [6.45, 7) is 3.87. The molecule has 0 spiro atoms. The zero-order valence-electron chi connectivity index (χ0n) is 10.3. The average molecular weight is 273 g/mol. The third-order valence-electron chi connectivity index (χ3n) is 3.20. The first kappa shape index (κ1) is 13.6. The maximum absolute atomic E-state index is 13.0. The van der Waals surface area contributed by atoms with Gasteiger partial charge >= 0.3 is 0 Å². The summed E-state index contributed by atoms with van der Waals surface area (Å²) in [5.41, 5.74) is 0. The highest BCUT2D eigenvalue weighted by Gasteiger charge is 2.22. The lowest BCUT2D eigenvalue weighted by Crippen LogP contribution is -2.41. The van der Waals surface area contributed by atoms with Crippen LogP contribution in [0.4, 0.5) is 8.78 Å². The first-order chi connectivity index (χ1) is 8.56. The second kappa shape index (κ2) is 5.89. The molecule has 1 heterocycles. The Kier molecular flexibility index (Phi) is 4.45. The standard InChI is InChI=1S/C13H17F2NOS/c1-9(18)16-6-4-10(5-7-16)17-11-2-3-12(14)13(15)8-11/h2-3,8-10,18H,4-7H2,1H3. The maximum atomic E-state index is 13.0. The topological polar surface area (TPSA) is 12.5 Å². The van der Waals surface area contributed by atoms with Gasteiger partial charge in [0.15, 0.2) is 11.6 Å². The van der Waals surface area contributed by atoms with E-state index in [1.807, 2.05) is 6.92 Å². The molecule has 18 heavy (non-hydrogen) atoms. The van der Waals surface area contributed by atoms with Crippen molar-refractivity contribution in [1.82, 2.24) is 4.90 Å². The molecule has 2 rings (SSSR count). The predicted octanol–water partition coefficient (Wildman–Crippen LogP) is 3.08. The van der Waals surface area contributed by atoms with Crippen LogP contribution in [0.5, 0.6) is 5.75 Å². The highest BCUT2D eigenvalue weighted by atomic mass is 32.1. The third-order valence-corrected chi connectivity index (χ3v) is 3.53. The van der Waals surface area contributed by atoms with E-state index < -0.39 is 11.6 Å². The Morgan fingerprint density at radius 1 is 1.28 bits per heavy atom. The van der Waals surface area contributed by atoms with E-state index in [0.717, 1.165) is 38.1 Å². The molecule has 1 aliphatic heterocycles. The lowest BCUT2D eigenvalue weighted by Gasteiger charge is -2.34. The number of benzene rings is 1. The van der Waals surface area contributed by atoms with Crippen molar-refractivity contribution in [2.75, 3.05) is 13.1 Å². The van der Waals surface area contributed by atoms with Crippen LogP contribution in [0.2, 0.25) is 0 Å². The Labute approximate surface area is 111 Å². The van der Waals surface area contributed by atoms with E-state index in [4.69, 9.17) is 4.74 Å². The molecule has 0 aliphatic carbocycles. The zero-order valence-corrected chi connectivity index (χ0v) is 11.2. The number of hydrogen-bond donors (Lipinski definition) is 1. The van der Waals surface area contributed by atoms with Crippen molar-refractivity contribution in [1.29, 1.82) is 0 Å². The number of likely N-dealkylation sites (tertiary alicyclic amines) is 1. The van der Waals surface area contributed by atoms with Gasteiger partial charge in [0.05, 0.1) is 0 Å². The molecule has 1 aromatic carbocycles. The van der Waals surface area contributed by atoms with Crippen molar-refractivity contribution in [2.45, 2.75) is 31.2 Å². The van der Waals surface area contributed by atoms with E-state index >= 15 is 0 Å². The molecule has 0 aromatic heterocycles. The van der Waals surface area contributed by atoms with Gasteiger partial charge in [0.25, 0.3) is 0 Å². The number of hydrogen-bond acceptors (Lipinski definition) is 3. The van der Waals surface area contributed by atoms with E-state index in [9.17, 15) is 8.78 Å². The monoisotopic (exact) mass is 273 g/mol. The van der Waals surface area contributed by atoms with E-state index in [-0.39, 0.29) is 11.5 Å². The molecule has 1 fully saturated rings. The van der Waals surface area contributed by atoms with Crippen molar-refractivity contribution < 1.29 is 13.5 Å². The number of rotatable bonds is 3. The van der Waals surface area contributed by atoms with E-state index in [1.165, 1.54) is 6.07 Å². The van der Waals surface area contributed by atoms with Gasteiger partial charge in [-0.3, -0.25) is 4.90 Å². The molecule has 1 unspecified atom stereocenters. The normalized spacial score (nSPS) is 19.8. The second-order valence-electron chi connectivity index (χ2n) is 4.56. The molecule has 0 radical (unpaired) electrons. The molecular formula is C13H17F2NOS. The van der Waals surface area contributed by atoms with Gasteiger partial charge in [0.2, 0.25) is 0 Å². The summed E-state index contributed by atoms with van der Waals surface area (Å²) in [6, 6.07) is 3.66. The number of piperidine rings is 1. The van der Waals surface area contributed by atoms with Crippen molar-refractivity contribution >= 4 is 12.6 Å². The number of halogens is 2. The average Bonchev–Trinajstić information content (AvgIpc) is 2.34. The van der Waals surface area contributed by atoms with Gasteiger partial charge in [-0.25, -0.2) is 8.78 Å². The first-order valence-corrected chi connectivity index (χ1v) is 6.61. The molecule has 2 nitrogen and oxygen atoms in total. The van der Waals surface area contributed by atoms with Gasteiger partial charge in [0.1, 0.15) is 11.9 Å². The Morgan fingerprint density at radius 2 is 1.94 bits per heavy atom. The van der Waals surface area contributed by atoms with Crippen molar-refractivity contribution in [3.63, 3.8) is 0 Å². The zero-order chi connectivity index (χ0) is 13.1. The van der Waals surface area contributed by atoms with Gasteiger partial charge in [-0.1, -0.05) is 0 Å². The molecule has 0 saturated carbocycles. The molecule has 0 N–H and O–H groups in total. The van der Waals surface area contributed by atoms with Crippen LogP contribution in [0.25, 0.3) is 0 Å². The summed E-state index contributed by atoms with van der Waals surface area (Å²) in [7, 11) is 0. The van der Waals surface area contributed by atoms with Crippen LogP contribution in [0.1, 0.15) is 19.8 Å². The second-order valence-corrected chi connectivity index (χ2v) is 5.31. The Morgan fingerprint density at radius 3 is 2.50 bits per heavy atom. The fourth-order valence-corrected chi connectivity index (χ4v) is 2.34. The van der Waals surface area contributed by atoms with Gasteiger partial charge in [-0.05, 0) is 31.9 Å². The van der Waals surface area contributed by atoms with Gasteiger partial charge in [-0.2, -0.15) is 12.6 Å². The summed E-state index contributed by atoms with van der Waals surface area (Å²) in [6.07, 6.45) is 1.83. The van der Waals surface area contributed by atoms with Crippen molar-refractivity contribution in [3.05, 3.63) is 29.8 Å². The Balaban J connectivity index is 1.89. The van der Waals surface area contributed by atoms with Crippen molar-refractivity contribution in [2.24, 2.45) is 0 Å². The van der Waals surface area contributed by atoms with Gasteiger partial charge < -0.3 is 4.74 Å². The quantitative estimate of drug-likeness (QED) is 0.850. The largest absolute Gasteiger partial charge is 0.490 e. The Hall–Kier alpha value is -0.810. The van der Waals surface area contributed by atoms with Crippen LogP contribution in [-0.4, -0.2) is 29.5 Å². The van der Waals surface area contributed by atoms with Crippen LogP contribution in [0.3, 0.4) is 0 Å². The molecular weight excluding hydrogens is 256 g/mol. The molecule has 5 heteroatoms. The third kappa shape index (κ3) is 3.36. The van der Waals surface area contributed by atoms with Crippen LogP contribution < -0.4 is 4.74 Å². The maximum Gasteiger partial charge on any atom is 0.162 e. The highest BCUT2D eigenvalue weighted by Crippen LogP contribution is 2.22.